The van der Waals surface area contributed by atoms with Gasteiger partial charge >= 0.3 is 0 Å². The number of rotatable bonds is 4. The van der Waals surface area contributed by atoms with Gasteiger partial charge in [-0.25, -0.2) is 0 Å². The third-order valence-corrected chi connectivity index (χ3v) is 4.54. The normalized spacial score (nSPS) is 24.1. The number of likely N-dealkylation sites (N-methyl/N-ethyl adjacent to an activating group) is 1. The van der Waals surface area contributed by atoms with Crippen LogP contribution in [0.3, 0.4) is 0 Å². The van der Waals surface area contributed by atoms with Crippen LogP contribution >= 0.6 is 0 Å². The molecule has 3 nitrogen and oxygen atoms in total. The zero-order valence-corrected chi connectivity index (χ0v) is 12.9. The number of ether oxygens (including phenoxy) is 1. The van der Waals surface area contributed by atoms with Crippen LogP contribution < -0.4 is 5.32 Å². The quantitative estimate of drug-likeness (QED) is 0.926. The fourth-order valence-corrected chi connectivity index (χ4v) is 3.44. The molecule has 1 aromatic heterocycles. The molecule has 0 radical (unpaired) electrons. The third kappa shape index (κ3) is 2.81. The number of nitrogens with zero attached hydrogens (tertiary/aromatic N) is 1. The number of hydrogen-bond acceptors (Lipinski definition) is 3. The lowest BCUT2D eigenvalue weighted by atomic mass is 9.82. The average molecular weight is 284 g/mol. The summed E-state index contributed by atoms with van der Waals surface area (Å²) in [6.45, 7) is 6.21. The summed E-state index contributed by atoms with van der Waals surface area (Å²) in [5.41, 5.74) is 1.19. The maximum absolute atomic E-state index is 6.21. The van der Waals surface area contributed by atoms with E-state index in [0.717, 1.165) is 19.6 Å². The lowest BCUT2D eigenvalue weighted by Gasteiger charge is -2.41. The van der Waals surface area contributed by atoms with Crippen molar-refractivity contribution < 1.29 is 4.74 Å². The van der Waals surface area contributed by atoms with Crippen LogP contribution in [-0.2, 0) is 4.74 Å². The molecule has 0 saturated carbocycles. The highest BCUT2D eigenvalue weighted by molar-refractivity contribution is 5.85. The highest BCUT2D eigenvalue weighted by Gasteiger charge is 2.37. The van der Waals surface area contributed by atoms with E-state index in [1.54, 1.807) is 0 Å². The van der Waals surface area contributed by atoms with Crippen LogP contribution in [0.2, 0.25) is 0 Å². The summed E-state index contributed by atoms with van der Waals surface area (Å²) in [5, 5.41) is 6.12. The van der Waals surface area contributed by atoms with E-state index in [1.807, 2.05) is 12.4 Å². The van der Waals surface area contributed by atoms with Gasteiger partial charge in [0.1, 0.15) is 0 Å². The van der Waals surface area contributed by atoms with Crippen LogP contribution in [0, 0.1) is 0 Å². The SMILES string of the molecule is CCNC(c1cccc2cnccc12)C1(C)CCCCO1. The summed E-state index contributed by atoms with van der Waals surface area (Å²) in [6, 6.07) is 8.79. The summed E-state index contributed by atoms with van der Waals surface area (Å²) in [7, 11) is 0. The molecule has 112 valence electrons. The van der Waals surface area contributed by atoms with Gasteiger partial charge in [-0.05, 0) is 49.7 Å². The molecule has 3 rings (SSSR count). The predicted molar refractivity (Wildman–Crippen MR) is 86.4 cm³/mol. The fourth-order valence-electron chi connectivity index (χ4n) is 3.44. The predicted octanol–water partition coefficient (Wildman–Crippen LogP) is 3.84. The Labute approximate surface area is 126 Å². The van der Waals surface area contributed by atoms with Gasteiger partial charge in [-0.1, -0.05) is 25.1 Å². The van der Waals surface area contributed by atoms with Crippen molar-refractivity contribution in [1.29, 1.82) is 0 Å². The molecule has 1 aromatic carbocycles. The number of nitrogens with one attached hydrogen (secondary N) is 1. The number of benzene rings is 1. The molecule has 0 aliphatic carbocycles. The van der Waals surface area contributed by atoms with E-state index >= 15 is 0 Å². The topological polar surface area (TPSA) is 34.2 Å². The molecule has 0 spiro atoms. The highest BCUT2D eigenvalue weighted by atomic mass is 16.5. The number of pyridine rings is 1. The Balaban J connectivity index is 2.07. The molecule has 0 amide bonds. The van der Waals surface area contributed by atoms with Crippen molar-refractivity contribution in [2.24, 2.45) is 0 Å². The molecular formula is C18H24N2O. The number of fused-ring (bicyclic) bond motifs is 1. The molecular weight excluding hydrogens is 260 g/mol. The Kier molecular flexibility index (Phi) is 4.22. The Morgan fingerprint density at radius 3 is 3.00 bits per heavy atom. The Hall–Kier alpha value is -1.45. The van der Waals surface area contributed by atoms with Crippen LogP contribution in [0.4, 0.5) is 0 Å². The second-order valence-corrected chi connectivity index (χ2v) is 6.05. The van der Waals surface area contributed by atoms with Gasteiger partial charge in [-0.15, -0.1) is 0 Å². The van der Waals surface area contributed by atoms with Gasteiger partial charge in [-0.3, -0.25) is 4.98 Å². The van der Waals surface area contributed by atoms with Crippen molar-refractivity contribution >= 4 is 10.8 Å². The van der Waals surface area contributed by atoms with E-state index in [2.05, 4.69) is 48.4 Å². The first-order valence-corrected chi connectivity index (χ1v) is 7.94. The minimum atomic E-state index is -0.133. The molecule has 1 aliphatic heterocycles. The van der Waals surface area contributed by atoms with Crippen LogP contribution in [0.5, 0.6) is 0 Å². The maximum atomic E-state index is 6.21. The molecule has 1 saturated heterocycles. The molecule has 1 fully saturated rings. The largest absolute Gasteiger partial charge is 0.373 e. The van der Waals surface area contributed by atoms with Crippen LogP contribution in [-0.4, -0.2) is 23.7 Å². The first kappa shape index (κ1) is 14.5. The first-order valence-electron chi connectivity index (χ1n) is 7.94. The van der Waals surface area contributed by atoms with Gasteiger partial charge in [0.15, 0.2) is 0 Å². The molecule has 2 aromatic rings. The van der Waals surface area contributed by atoms with Crippen molar-refractivity contribution in [3.05, 3.63) is 42.2 Å². The highest BCUT2D eigenvalue weighted by Crippen LogP contribution is 2.38. The standard InChI is InChI=1S/C18H24N2O/c1-3-20-17(18(2)10-4-5-12-21-18)16-8-6-7-14-13-19-11-9-15(14)16/h6-9,11,13,17,20H,3-5,10,12H2,1-2H3. The van der Waals surface area contributed by atoms with Gasteiger partial charge in [0.05, 0.1) is 11.6 Å². The van der Waals surface area contributed by atoms with Crippen LogP contribution in [0.1, 0.15) is 44.7 Å². The Bertz CT molecular complexity index is 600. The van der Waals surface area contributed by atoms with Crippen molar-refractivity contribution in [1.82, 2.24) is 10.3 Å². The van der Waals surface area contributed by atoms with E-state index in [1.165, 1.54) is 29.2 Å². The minimum absolute atomic E-state index is 0.133. The fraction of sp³-hybridized carbons (Fsp3) is 0.500. The summed E-state index contributed by atoms with van der Waals surface area (Å²) in [5.74, 6) is 0. The van der Waals surface area contributed by atoms with E-state index in [0.29, 0.717) is 0 Å². The molecule has 1 aliphatic rings. The van der Waals surface area contributed by atoms with E-state index < -0.39 is 0 Å². The van der Waals surface area contributed by atoms with E-state index in [4.69, 9.17) is 4.74 Å². The zero-order chi connectivity index (χ0) is 14.7. The Morgan fingerprint density at radius 1 is 1.33 bits per heavy atom. The smallest absolute Gasteiger partial charge is 0.0848 e. The molecule has 2 unspecified atom stereocenters. The zero-order valence-electron chi connectivity index (χ0n) is 12.9. The molecule has 2 atom stereocenters. The maximum Gasteiger partial charge on any atom is 0.0848 e. The van der Waals surface area contributed by atoms with Crippen LogP contribution in [0.15, 0.2) is 36.7 Å². The lowest BCUT2D eigenvalue weighted by Crippen LogP contribution is -2.46. The summed E-state index contributed by atoms with van der Waals surface area (Å²) >= 11 is 0. The third-order valence-electron chi connectivity index (χ3n) is 4.54. The summed E-state index contributed by atoms with van der Waals surface area (Å²) in [4.78, 5) is 4.24. The molecule has 2 heterocycles. The van der Waals surface area contributed by atoms with Gasteiger partial charge in [-0.2, -0.15) is 0 Å². The van der Waals surface area contributed by atoms with Crippen molar-refractivity contribution in [2.45, 2.75) is 44.8 Å². The van der Waals surface area contributed by atoms with Gasteiger partial charge in [0, 0.05) is 24.4 Å². The van der Waals surface area contributed by atoms with E-state index in [-0.39, 0.29) is 11.6 Å². The summed E-state index contributed by atoms with van der Waals surface area (Å²) < 4.78 is 6.21. The average Bonchev–Trinajstić information content (AvgIpc) is 2.53. The number of aromatic nitrogens is 1. The monoisotopic (exact) mass is 284 g/mol. The van der Waals surface area contributed by atoms with Gasteiger partial charge in [0.2, 0.25) is 0 Å². The first-order chi connectivity index (χ1) is 10.2. The van der Waals surface area contributed by atoms with Crippen molar-refractivity contribution in [3.8, 4) is 0 Å². The minimum Gasteiger partial charge on any atom is -0.373 e. The van der Waals surface area contributed by atoms with Crippen LogP contribution in [0.25, 0.3) is 10.8 Å². The van der Waals surface area contributed by atoms with E-state index in [9.17, 15) is 0 Å². The second-order valence-electron chi connectivity index (χ2n) is 6.05. The van der Waals surface area contributed by atoms with Crippen molar-refractivity contribution in [3.63, 3.8) is 0 Å². The molecule has 21 heavy (non-hydrogen) atoms. The molecule has 1 N–H and O–H groups in total. The molecule has 0 bridgehead atoms. The summed E-state index contributed by atoms with van der Waals surface area (Å²) in [6.07, 6.45) is 7.33. The lowest BCUT2D eigenvalue weighted by molar-refractivity contribution is -0.0892. The Morgan fingerprint density at radius 2 is 2.24 bits per heavy atom. The van der Waals surface area contributed by atoms with Crippen molar-refractivity contribution in [2.75, 3.05) is 13.2 Å². The molecule has 3 heteroatoms. The second kappa shape index (κ2) is 6.12. The van der Waals surface area contributed by atoms with Gasteiger partial charge in [0.25, 0.3) is 0 Å². The van der Waals surface area contributed by atoms with Gasteiger partial charge < -0.3 is 10.1 Å². The number of hydrogen-bond donors (Lipinski definition) is 1.